The van der Waals surface area contributed by atoms with Gasteiger partial charge in [-0.2, -0.15) is 57.1 Å². The highest BCUT2D eigenvalue weighted by Crippen LogP contribution is 2.60. The molecule has 16 heteroatoms. The van der Waals surface area contributed by atoms with Crippen molar-refractivity contribution in [3.8, 4) is 0 Å². The van der Waals surface area contributed by atoms with E-state index in [1.54, 1.807) is 0 Å². The Morgan fingerprint density at radius 2 is 1.00 bits per heavy atom. The van der Waals surface area contributed by atoms with Gasteiger partial charge >= 0.3 is 35.8 Å². The van der Waals surface area contributed by atoms with E-state index in [0.29, 0.717) is 0 Å². The van der Waals surface area contributed by atoms with Crippen molar-refractivity contribution in [1.82, 2.24) is 0 Å². The second-order valence-corrected chi connectivity index (χ2v) is 6.52. The molecular formula is C10H9F13O2S. The summed E-state index contributed by atoms with van der Waals surface area (Å²) in [4.78, 5) is 0. The van der Waals surface area contributed by atoms with Gasteiger partial charge in [-0.15, -0.1) is 0 Å². The lowest BCUT2D eigenvalue weighted by molar-refractivity contribution is -0.439. The molecule has 0 saturated heterocycles. The summed E-state index contributed by atoms with van der Waals surface area (Å²) in [5.74, 6) is -39.5. The average molecular weight is 440 g/mol. The van der Waals surface area contributed by atoms with Crippen LogP contribution >= 0.6 is 0 Å². The molecule has 0 saturated carbocycles. The molecule has 26 heavy (non-hydrogen) atoms. The predicted octanol–water partition coefficient (Wildman–Crippen LogP) is 3.86. The highest BCUT2D eigenvalue weighted by molar-refractivity contribution is 7.84. The molecule has 2 nitrogen and oxygen atoms in total. The third kappa shape index (κ3) is 4.04. The zero-order chi connectivity index (χ0) is 21.4. The number of aliphatic hydroxyl groups excluding tert-OH is 1. The summed E-state index contributed by atoms with van der Waals surface area (Å²) in [7, 11) is -2.50. The van der Waals surface area contributed by atoms with Crippen LogP contribution in [0.15, 0.2) is 0 Å². The van der Waals surface area contributed by atoms with E-state index in [2.05, 4.69) is 0 Å². The Balaban J connectivity index is 5.89. The molecule has 1 N–H and O–H groups in total. The van der Waals surface area contributed by atoms with Crippen LogP contribution in [0.3, 0.4) is 0 Å². The molecule has 0 aliphatic carbocycles. The van der Waals surface area contributed by atoms with E-state index >= 15 is 0 Å². The van der Waals surface area contributed by atoms with Crippen molar-refractivity contribution in [2.75, 3.05) is 18.1 Å². The normalized spacial score (nSPS) is 16.7. The Labute approximate surface area is 138 Å². The van der Waals surface area contributed by atoms with E-state index in [-0.39, 0.29) is 0 Å². The minimum atomic E-state index is -7.94. The van der Waals surface area contributed by atoms with Crippen LogP contribution in [-0.4, -0.2) is 63.2 Å². The molecule has 0 heterocycles. The van der Waals surface area contributed by atoms with Crippen molar-refractivity contribution in [2.24, 2.45) is 0 Å². The average Bonchev–Trinajstić information content (AvgIpc) is 2.43. The Morgan fingerprint density at radius 1 is 0.615 bits per heavy atom. The van der Waals surface area contributed by atoms with Crippen LogP contribution in [0, 0.1) is 0 Å². The fourth-order valence-electron chi connectivity index (χ4n) is 1.40. The van der Waals surface area contributed by atoms with Crippen LogP contribution < -0.4 is 0 Å². The van der Waals surface area contributed by atoms with Crippen LogP contribution in [0.5, 0.6) is 0 Å². The summed E-state index contributed by atoms with van der Waals surface area (Å²) in [6.07, 6.45) is -9.97. The molecule has 1 unspecified atom stereocenters. The second-order valence-electron chi connectivity index (χ2n) is 4.82. The van der Waals surface area contributed by atoms with Crippen LogP contribution in [0.4, 0.5) is 57.1 Å². The molecule has 0 aliphatic heterocycles. The van der Waals surface area contributed by atoms with Crippen LogP contribution in [0.1, 0.15) is 6.42 Å². The van der Waals surface area contributed by atoms with Gasteiger partial charge in [-0.1, -0.05) is 0 Å². The van der Waals surface area contributed by atoms with Gasteiger partial charge in [0.2, 0.25) is 0 Å². The van der Waals surface area contributed by atoms with Crippen molar-refractivity contribution in [1.29, 1.82) is 0 Å². The number of hydrogen-bond acceptors (Lipinski definition) is 2. The number of rotatable bonds is 9. The van der Waals surface area contributed by atoms with Gasteiger partial charge in [0.1, 0.15) is 0 Å². The maximum absolute atomic E-state index is 13.2. The number of aliphatic hydroxyl groups is 1. The first-order chi connectivity index (χ1) is 11.2. The maximum atomic E-state index is 13.2. The third-order valence-electron chi connectivity index (χ3n) is 2.96. The minimum absolute atomic E-state index is 0.791. The van der Waals surface area contributed by atoms with E-state index < -0.39 is 71.1 Å². The highest BCUT2D eigenvalue weighted by atomic mass is 32.2. The van der Waals surface area contributed by atoms with Gasteiger partial charge in [0.15, 0.2) is 0 Å². The van der Waals surface area contributed by atoms with Crippen LogP contribution in [-0.2, 0) is 10.8 Å². The predicted molar refractivity (Wildman–Crippen MR) is 60.4 cm³/mol. The van der Waals surface area contributed by atoms with E-state index in [0.717, 1.165) is 0 Å². The molecule has 0 aromatic carbocycles. The summed E-state index contributed by atoms with van der Waals surface area (Å²) < 4.78 is 176. The van der Waals surface area contributed by atoms with Crippen LogP contribution in [0.25, 0.3) is 0 Å². The smallest absolute Gasteiger partial charge is 0.395 e. The lowest BCUT2D eigenvalue weighted by Crippen LogP contribution is -2.70. The monoisotopic (exact) mass is 440 g/mol. The summed E-state index contributed by atoms with van der Waals surface area (Å²) >= 11 is 0. The van der Waals surface area contributed by atoms with E-state index in [1.807, 2.05) is 0 Å². The molecule has 0 aromatic rings. The first kappa shape index (κ1) is 25.2. The molecule has 0 radical (unpaired) electrons. The molecule has 158 valence electrons. The molecular weight excluding hydrogens is 431 g/mol. The van der Waals surface area contributed by atoms with Gasteiger partial charge in [0, 0.05) is 28.7 Å². The SMILES string of the molecule is O=S(CCO)CCC(F)(F)C(F)(F)C(F)(F)C(F)(F)C(F)(F)C(F)(F)F. The van der Waals surface area contributed by atoms with Crippen LogP contribution in [0.2, 0.25) is 0 Å². The Hall–Kier alpha value is -0.800. The van der Waals surface area contributed by atoms with Crippen molar-refractivity contribution in [3.05, 3.63) is 0 Å². The van der Waals surface area contributed by atoms with E-state index in [4.69, 9.17) is 5.11 Å². The van der Waals surface area contributed by atoms with E-state index in [9.17, 15) is 61.3 Å². The van der Waals surface area contributed by atoms with Crippen molar-refractivity contribution in [3.63, 3.8) is 0 Å². The molecule has 0 fully saturated rings. The fourth-order valence-corrected chi connectivity index (χ4v) is 2.30. The molecule has 1 atom stereocenters. The quantitative estimate of drug-likeness (QED) is 0.554. The topological polar surface area (TPSA) is 37.3 Å². The number of hydrogen-bond donors (Lipinski definition) is 1. The molecule has 0 aromatic heterocycles. The largest absolute Gasteiger partial charge is 0.460 e. The van der Waals surface area contributed by atoms with Crippen molar-refractivity contribution < 1.29 is 66.4 Å². The lowest BCUT2D eigenvalue weighted by Gasteiger charge is -2.39. The number of alkyl halides is 13. The van der Waals surface area contributed by atoms with E-state index in [1.165, 1.54) is 0 Å². The van der Waals surface area contributed by atoms with Crippen molar-refractivity contribution in [2.45, 2.75) is 42.2 Å². The fraction of sp³-hybridized carbons (Fsp3) is 1.00. The number of halogens is 13. The van der Waals surface area contributed by atoms with Gasteiger partial charge in [-0.05, 0) is 0 Å². The van der Waals surface area contributed by atoms with Gasteiger partial charge in [-0.25, -0.2) is 0 Å². The minimum Gasteiger partial charge on any atom is -0.395 e. The summed E-state index contributed by atoms with van der Waals surface area (Å²) in [6.45, 7) is -0.916. The molecule has 0 amide bonds. The second kappa shape index (κ2) is 7.31. The summed E-state index contributed by atoms with van der Waals surface area (Å²) in [6, 6.07) is 0. The lowest BCUT2D eigenvalue weighted by atomic mass is 9.93. The summed E-state index contributed by atoms with van der Waals surface area (Å²) in [5.41, 5.74) is 0. The van der Waals surface area contributed by atoms with Crippen molar-refractivity contribution >= 4 is 10.8 Å². The molecule has 0 spiro atoms. The summed E-state index contributed by atoms with van der Waals surface area (Å²) in [5, 5.41) is 8.29. The van der Waals surface area contributed by atoms with Gasteiger partial charge in [0.05, 0.1) is 6.61 Å². The molecule has 0 aliphatic rings. The zero-order valence-corrected chi connectivity index (χ0v) is 12.8. The van der Waals surface area contributed by atoms with Gasteiger partial charge in [-0.3, -0.25) is 4.21 Å². The first-order valence-electron chi connectivity index (χ1n) is 6.12. The third-order valence-corrected chi connectivity index (χ3v) is 4.26. The standard InChI is InChI=1S/C10H9F13O2S/c11-5(12,1-3-26(25)4-2-24)6(13,14)7(15,16)8(17,18)9(19,20)10(21,22)23/h24H,1-4H2. The van der Waals surface area contributed by atoms with Gasteiger partial charge < -0.3 is 5.11 Å². The Bertz CT molecular complexity index is 514. The molecule has 0 bridgehead atoms. The maximum Gasteiger partial charge on any atom is 0.460 e. The molecule has 0 rings (SSSR count). The Morgan fingerprint density at radius 3 is 1.35 bits per heavy atom. The van der Waals surface area contributed by atoms with Gasteiger partial charge in [0.25, 0.3) is 0 Å². The highest BCUT2D eigenvalue weighted by Gasteiger charge is 2.90. The first-order valence-corrected chi connectivity index (χ1v) is 7.61. The zero-order valence-electron chi connectivity index (χ0n) is 12.0. The Kier molecular flexibility index (Phi) is 7.09.